The lowest BCUT2D eigenvalue weighted by molar-refractivity contribution is -0.138. The van der Waals surface area contributed by atoms with Gasteiger partial charge < -0.3 is 15.5 Å². The first-order valence-corrected chi connectivity index (χ1v) is 5.82. The molecule has 16 heavy (non-hydrogen) atoms. The molecule has 1 rings (SSSR count). The predicted molar refractivity (Wildman–Crippen MR) is 61.7 cm³/mol. The number of hydrogen-bond donors (Lipinski definition) is 1. The molecule has 0 saturated carbocycles. The van der Waals surface area contributed by atoms with Crippen molar-refractivity contribution in [2.24, 2.45) is 5.73 Å². The van der Waals surface area contributed by atoms with Gasteiger partial charge in [0.25, 0.3) is 0 Å². The van der Waals surface area contributed by atoms with Crippen molar-refractivity contribution >= 4 is 11.8 Å². The lowest BCUT2D eigenvalue weighted by atomic mass is 10.1. The van der Waals surface area contributed by atoms with Gasteiger partial charge in [-0.1, -0.05) is 6.92 Å². The molecular formula is C11H21N3O2. The Morgan fingerprint density at radius 3 is 2.81 bits per heavy atom. The van der Waals surface area contributed by atoms with Gasteiger partial charge in [-0.15, -0.1) is 0 Å². The third-order valence-electron chi connectivity index (χ3n) is 2.99. The average Bonchev–Trinajstić information content (AvgIpc) is 2.41. The van der Waals surface area contributed by atoms with Crippen LogP contribution in [0.4, 0.5) is 0 Å². The van der Waals surface area contributed by atoms with Crippen LogP contribution in [0.25, 0.3) is 0 Å². The number of carbonyl (C=O) groups excluding carboxylic acids is 2. The quantitative estimate of drug-likeness (QED) is 0.726. The summed E-state index contributed by atoms with van der Waals surface area (Å²) in [5.41, 5.74) is 5.74. The molecule has 1 heterocycles. The normalized spacial score (nSPS) is 19.6. The van der Waals surface area contributed by atoms with Crippen molar-refractivity contribution in [2.75, 3.05) is 26.7 Å². The van der Waals surface area contributed by atoms with Gasteiger partial charge in [-0.3, -0.25) is 9.59 Å². The molecule has 0 aromatic rings. The van der Waals surface area contributed by atoms with Gasteiger partial charge in [-0.05, 0) is 12.8 Å². The topological polar surface area (TPSA) is 66.6 Å². The van der Waals surface area contributed by atoms with E-state index in [1.807, 2.05) is 6.92 Å². The van der Waals surface area contributed by atoms with Crippen LogP contribution in [0.15, 0.2) is 0 Å². The van der Waals surface area contributed by atoms with E-state index in [-0.39, 0.29) is 24.4 Å². The van der Waals surface area contributed by atoms with E-state index in [1.165, 1.54) is 0 Å². The third-order valence-corrected chi connectivity index (χ3v) is 2.99. The molecule has 5 nitrogen and oxygen atoms in total. The smallest absolute Gasteiger partial charge is 0.241 e. The van der Waals surface area contributed by atoms with E-state index in [1.54, 1.807) is 16.8 Å². The molecular weight excluding hydrogens is 206 g/mol. The zero-order valence-electron chi connectivity index (χ0n) is 10.1. The van der Waals surface area contributed by atoms with Crippen LogP contribution in [0.1, 0.15) is 26.2 Å². The standard InChI is InChI=1S/C11H21N3O2/c1-3-9(12)7-10(15)14-6-4-5-13(2)11(16)8-14/h9H,3-8,12H2,1-2H3. The van der Waals surface area contributed by atoms with E-state index >= 15 is 0 Å². The Hall–Kier alpha value is -1.10. The van der Waals surface area contributed by atoms with Crippen molar-refractivity contribution in [1.29, 1.82) is 0 Å². The van der Waals surface area contributed by atoms with Gasteiger partial charge in [0.1, 0.15) is 0 Å². The van der Waals surface area contributed by atoms with Crippen LogP contribution in [0.2, 0.25) is 0 Å². The van der Waals surface area contributed by atoms with E-state index in [0.29, 0.717) is 13.0 Å². The minimum absolute atomic E-state index is 0.00185. The summed E-state index contributed by atoms with van der Waals surface area (Å²) in [5, 5.41) is 0. The summed E-state index contributed by atoms with van der Waals surface area (Å²) >= 11 is 0. The zero-order valence-corrected chi connectivity index (χ0v) is 10.1. The van der Waals surface area contributed by atoms with Crippen molar-refractivity contribution in [3.8, 4) is 0 Å². The van der Waals surface area contributed by atoms with Gasteiger partial charge in [-0.25, -0.2) is 0 Å². The second kappa shape index (κ2) is 5.84. The first-order chi connectivity index (χ1) is 7.54. The van der Waals surface area contributed by atoms with Crippen LogP contribution in [0, 0.1) is 0 Å². The average molecular weight is 227 g/mol. The van der Waals surface area contributed by atoms with Crippen molar-refractivity contribution in [2.45, 2.75) is 32.2 Å². The minimum atomic E-state index is -0.0939. The lowest BCUT2D eigenvalue weighted by Gasteiger charge is -2.21. The van der Waals surface area contributed by atoms with Crippen molar-refractivity contribution < 1.29 is 9.59 Å². The van der Waals surface area contributed by atoms with Crippen LogP contribution >= 0.6 is 0 Å². The number of hydrogen-bond acceptors (Lipinski definition) is 3. The molecule has 1 aliphatic heterocycles. The maximum Gasteiger partial charge on any atom is 0.241 e. The Morgan fingerprint density at radius 2 is 2.19 bits per heavy atom. The SMILES string of the molecule is CCC(N)CC(=O)N1CCCN(C)C(=O)C1. The molecule has 0 spiro atoms. The molecule has 5 heteroatoms. The molecule has 1 saturated heterocycles. The maximum absolute atomic E-state index is 11.8. The summed E-state index contributed by atoms with van der Waals surface area (Å²) in [7, 11) is 1.77. The van der Waals surface area contributed by atoms with E-state index in [2.05, 4.69) is 0 Å². The molecule has 0 aromatic heterocycles. The minimum Gasteiger partial charge on any atom is -0.344 e. The molecule has 1 unspecified atom stereocenters. The Kier molecular flexibility index (Phi) is 4.73. The summed E-state index contributed by atoms with van der Waals surface area (Å²) in [6.45, 7) is 3.54. The Balaban J connectivity index is 2.52. The van der Waals surface area contributed by atoms with E-state index < -0.39 is 0 Å². The van der Waals surface area contributed by atoms with Gasteiger partial charge in [0.15, 0.2) is 0 Å². The van der Waals surface area contributed by atoms with Crippen LogP contribution in [0.3, 0.4) is 0 Å². The molecule has 0 aromatic carbocycles. The lowest BCUT2D eigenvalue weighted by Crippen LogP contribution is -2.40. The Morgan fingerprint density at radius 1 is 1.50 bits per heavy atom. The molecule has 0 aliphatic carbocycles. The highest BCUT2D eigenvalue weighted by Crippen LogP contribution is 2.06. The van der Waals surface area contributed by atoms with Gasteiger partial charge in [0, 0.05) is 32.6 Å². The van der Waals surface area contributed by atoms with Crippen LogP contribution in [-0.2, 0) is 9.59 Å². The molecule has 0 bridgehead atoms. The first kappa shape index (κ1) is 13.0. The largest absolute Gasteiger partial charge is 0.344 e. The van der Waals surface area contributed by atoms with Crippen LogP contribution < -0.4 is 5.73 Å². The summed E-state index contributed by atoms with van der Waals surface area (Å²) in [4.78, 5) is 26.7. The number of amides is 2. The molecule has 1 fully saturated rings. The molecule has 2 amide bonds. The van der Waals surface area contributed by atoms with E-state index in [0.717, 1.165) is 19.4 Å². The third kappa shape index (κ3) is 3.48. The molecule has 0 radical (unpaired) electrons. The van der Waals surface area contributed by atoms with Crippen LogP contribution in [0.5, 0.6) is 0 Å². The van der Waals surface area contributed by atoms with Gasteiger partial charge in [0.2, 0.25) is 11.8 Å². The molecule has 1 atom stereocenters. The second-order valence-corrected chi connectivity index (χ2v) is 4.36. The second-order valence-electron chi connectivity index (χ2n) is 4.36. The van der Waals surface area contributed by atoms with Gasteiger partial charge >= 0.3 is 0 Å². The first-order valence-electron chi connectivity index (χ1n) is 5.82. The number of nitrogens with zero attached hydrogens (tertiary/aromatic N) is 2. The van der Waals surface area contributed by atoms with Crippen molar-refractivity contribution in [3.05, 3.63) is 0 Å². The maximum atomic E-state index is 11.8. The summed E-state index contributed by atoms with van der Waals surface area (Å²) in [6, 6.07) is -0.0939. The fraction of sp³-hybridized carbons (Fsp3) is 0.818. The number of carbonyl (C=O) groups is 2. The Labute approximate surface area is 96.6 Å². The molecule has 2 N–H and O–H groups in total. The van der Waals surface area contributed by atoms with E-state index in [4.69, 9.17) is 5.73 Å². The monoisotopic (exact) mass is 227 g/mol. The highest BCUT2D eigenvalue weighted by Gasteiger charge is 2.23. The van der Waals surface area contributed by atoms with Crippen molar-refractivity contribution in [3.63, 3.8) is 0 Å². The number of likely N-dealkylation sites (N-methyl/N-ethyl adjacent to an activating group) is 1. The number of nitrogens with two attached hydrogens (primary N) is 1. The fourth-order valence-corrected chi connectivity index (χ4v) is 1.70. The van der Waals surface area contributed by atoms with E-state index in [9.17, 15) is 9.59 Å². The highest BCUT2D eigenvalue weighted by atomic mass is 16.2. The summed E-state index contributed by atoms with van der Waals surface area (Å²) in [5.74, 6) is 0.00826. The van der Waals surface area contributed by atoms with Crippen LogP contribution in [-0.4, -0.2) is 54.3 Å². The summed E-state index contributed by atoms with van der Waals surface area (Å²) in [6.07, 6.45) is 1.97. The zero-order chi connectivity index (χ0) is 12.1. The highest BCUT2D eigenvalue weighted by molar-refractivity contribution is 5.85. The predicted octanol–water partition coefficient (Wildman–Crippen LogP) is -0.195. The molecule has 1 aliphatic rings. The summed E-state index contributed by atoms with van der Waals surface area (Å²) < 4.78 is 0. The van der Waals surface area contributed by atoms with Gasteiger partial charge in [0.05, 0.1) is 6.54 Å². The molecule has 92 valence electrons. The Bertz CT molecular complexity index is 268. The number of rotatable bonds is 3. The fourth-order valence-electron chi connectivity index (χ4n) is 1.70. The van der Waals surface area contributed by atoms with Crippen molar-refractivity contribution in [1.82, 2.24) is 9.80 Å². The van der Waals surface area contributed by atoms with Gasteiger partial charge in [-0.2, -0.15) is 0 Å².